The highest BCUT2D eigenvalue weighted by Gasteiger charge is 2.24. The summed E-state index contributed by atoms with van der Waals surface area (Å²) >= 11 is 11.7. The third kappa shape index (κ3) is 3.07. The van der Waals surface area contributed by atoms with Crippen LogP contribution in [0, 0.1) is 0 Å². The van der Waals surface area contributed by atoms with Gasteiger partial charge in [0.05, 0.1) is 10.0 Å². The Kier molecular flexibility index (Phi) is 4.32. The molecule has 1 heterocycles. The minimum Gasteiger partial charge on any atom is -0.373 e. The Labute approximate surface area is 115 Å². The Morgan fingerprint density at radius 1 is 1.33 bits per heavy atom. The Hall–Kier alpha value is -0.970. The molecule has 0 radical (unpaired) electrons. The van der Waals surface area contributed by atoms with Crippen LogP contribution in [0.5, 0.6) is 0 Å². The zero-order valence-electron chi connectivity index (χ0n) is 9.70. The number of carbonyl (C=O) groups excluding carboxylic acids is 1. The van der Waals surface area contributed by atoms with Crippen LogP contribution in [0.4, 0.5) is 10.5 Å². The second-order valence-corrected chi connectivity index (χ2v) is 5.04. The van der Waals surface area contributed by atoms with E-state index in [9.17, 15) is 9.90 Å². The number of hydrogen-bond donors (Lipinski definition) is 2. The second-order valence-electron chi connectivity index (χ2n) is 4.23. The number of rotatable bonds is 1. The monoisotopic (exact) mass is 288 g/mol. The van der Waals surface area contributed by atoms with Crippen LogP contribution in [0.1, 0.15) is 19.3 Å². The van der Waals surface area contributed by atoms with Crippen molar-refractivity contribution in [3.63, 3.8) is 0 Å². The zero-order valence-corrected chi connectivity index (χ0v) is 11.2. The van der Waals surface area contributed by atoms with Crippen LogP contribution in [0.15, 0.2) is 18.2 Å². The van der Waals surface area contributed by atoms with Crippen LogP contribution in [0.25, 0.3) is 0 Å². The second kappa shape index (κ2) is 5.78. The summed E-state index contributed by atoms with van der Waals surface area (Å²) < 4.78 is 0. The fourth-order valence-corrected chi connectivity index (χ4v) is 2.22. The van der Waals surface area contributed by atoms with Crippen LogP contribution >= 0.6 is 23.2 Å². The van der Waals surface area contributed by atoms with Crippen molar-refractivity contribution >= 4 is 34.9 Å². The summed E-state index contributed by atoms with van der Waals surface area (Å²) in [5.74, 6) is 0. The molecule has 1 aromatic rings. The molecule has 0 aromatic heterocycles. The maximum atomic E-state index is 12.0. The molecule has 0 saturated carbocycles. The summed E-state index contributed by atoms with van der Waals surface area (Å²) in [5.41, 5.74) is 0.562. The van der Waals surface area contributed by atoms with Gasteiger partial charge in [0.2, 0.25) is 0 Å². The Balaban J connectivity index is 2.04. The van der Waals surface area contributed by atoms with Gasteiger partial charge < -0.3 is 10.4 Å². The molecule has 1 unspecified atom stereocenters. The highest BCUT2D eigenvalue weighted by Crippen LogP contribution is 2.25. The number of amides is 2. The first-order valence-corrected chi connectivity index (χ1v) is 6.54. The highest BCUT2D eigenvalue weighted by atomic mass is 35.5. The molecule has 1 aromatic carbocycles. The number of halogens is 2. The lowest BCUT2D eigenvalue weighted by Crippen LogP contribution is -2.45. The number of hydrogen-bond acceptors (Lipinski definition) is 2. The smallest absolute Gasteiger partial charge is 0.323 e. The maximum absolute atomic E-state index is 12.0. The molecule has 1 saturated heterocycles. The van der Waals surface area contributed by atoms with E-state index < -0.39 is 6.23 Å². The number of anilines is 1. The maximum Gasteiger partial charge on any atom is 0.323 e. The van der Waals surface area contributed by atoms with Gasteiger partial charge in [-0.25, -0.2) is 4.79 Å². The van der Waals surface area contributed by atoms with Crippen molar-refractivity contribution in [3.05, 3.63) is 28.2 Å². The summed E-state index contributed by atoms with van der Waals surface area (Å²) in [4.78, 5) is 13.4. The first kappa shape index (κ1) is 13.5. The Bertz CT molecular complexity index is 454. The third-order valence-corrected chi connectivity index (χ3v) is 3.64. The van der Waals surface area contributed by atoms with Gasteiger partial charge in [-0.2, -0.15) is 0 Å². The fraction of sp³-hybridized carbons (Fsp3) is 0.417. The standard InChI is InChI=1S/C12H14Cl2N2O2/c13-9-5-4-8(7-10(9)14)15-12(18)16-6-2-1-3-11(16)17/h4-5,7,11,17H,1-3,6H2,(H,15,18). The molecule has 1 fully saturated rings. The van der Waals surface area contributed by atoms with Gasteiger partial charge in [-0.1, -0.05) is 23.2 Å². The van der Waals surface area contributed by atoms with Crippen molar-refractivity contribution in [3.8, 4) is 0 Å². The van der Waals surface area contributed by atoms with Gasteiger partial charge in [-0.3, -0.25) is 4.90 Å². The van der Waals surface area contributed by atoms with Gasteiger partial charge in [0.15, 0.2) is 0 Å². The third-order valence-electron chi connectivity index (χ3n) is 2.90. The normalized spacial score (nSPS) is 19.7. The molecule has 98 valence electrons. The van der Waals surface area contributed by atoms with E-state index in [1.165, 1.54) is 4.90 Å². The molecular weight excluding hydrogens is 275 g/mol. The van der Waals surface area contributed by atoms with Crippen molar-refractivity contribution in [1.29, 1.82) is 0 Å². The van der Waals surface area contributed by atoms with Gasteiger partial charge in [-0.05, 0) is 37.5 Å². The average Bonchev–Trinajstić information content (AvgIpc) is 2.34. The molecule has 2 amide bonds. The summed E-state index contributed by atoms with van der Waals surface area (Å²) in [6.45, 7) is 0.564. The first-order valence-electron chi connectivity index (χ1n) is 5.78. The molecule has 6 heteroatoms. The number of urea groups is 1. The number of benzene rings is 1. The SMILES string of the molecule is O=C(Nc1ccc(Cl)c(Cl)c1)N1CCCCC1O. The molecule has 0 spiro atoms. The number of nitrogens with one attached hydrogen (secondary N) is 1. The van der Waals surface area contributed by atoms with Gasteiger partial charge >= 0.3 is 6.03 Å². The Morgan fingerprint density at radius 3 is 2.78 bits per heavy atom. The summed E-state index contributed by atoms with van der Waals surface area (Å²) in [7, 11) is 0. The number of nitrogens with zero attached hydrogens (tertiary/aromatic N) is 1. The average molecular weight is 289 g/mol. The molecule has 2 N–H and O–H groups in total. The van der Waals surface area contributed by atoms with Crippen molar-refractivity contribution in [1.82, 2.24) is 4.90 Å². The largest absolute Gasteiger partial charge is 0.373 e. The Morgan fingerprint density at radius 2 is 2.11 bits per heavy atom. The van der Waals surface area contributed by atoms with Crippen LogP contribution in [-0.2, 0) is 0 Å². The summed E-state index contributed by atoms with van der Waals surface area (Å²) in [6, 6.07) is 4.55. The lowest BCUT2D eigenvalue weighted by atomic mass is 10.1. The predicted octanol–water partition coefficient (Wildman–Crippen LogP) is 3.33. The molecule has 4 nitrogen and oxygen atoms in total. The van der Waals surface area contributed by atoms with E-state index >= 15 is 0 Å². The number of piperidine rings is 1. The zero-order chi connectivity index (χ0) is 13.1. The molecule has 0 aliphatic carbocycles. The molecule has 0 bridgehead atoms. The molecule has 1 atom stereocenters. The van der Waals surface area contributed by atoms with Crippen molar-refractivity contribution in [2.45, 2.75) is 25.5 Å². The minimum absolute atomic E-state index is 0.319. The van der Waals surface area contributed by atoms with Gasteiger partial charge in [0.1, 0.15) is 6.23 Å². The van der Waals surface area contributed by atoms with E-state index in [2.05, 4.69) is 5.32 Å². The number of carbonyl (C=O) groups is 1. The minimum atomic E-state index is -0.707. The number of aliphatic hydroxyl groups excluding tert-OH is 1. The lowest BCUT2D eigenvalue weighted by Gasteiger charge is -2.32. The molecule has 1 aliphatic rings. The number of likely N-dealkylation sites (tertiary alicyclic amines) is 1. The van der Waals surface area contributed by atoms with E-state index in [0.29, 0.717) is 28.7 Å². The van der Waals surface area contributed by atoms with Gasteiger partial charge in [0.25, 0.3) is 0 Å². The van der Waals surface area contributed by atoms with E-state index in [4.69, 9.17) is 23.2 Å². The summed E-state index contributed by atoms with van der Waals surface area (Å²) in [6.07, 6.45) is 1.76. The molecule has 18 heavy (non-hydrogen) atoms. The molecule has 2 rings (SSSR count). The van der Waals surface area contributed by atoms with Crippen LogP contribution < -0.4 is 5.32 Å². The van der Waals surface area contributed by atoms with Crippen molar-refractivity contribution in [2.24, 2.45) is 0 Å². The molecule has 1 aliphatic heterocycles. The predicted molar refractivity (Wildman–Crippen MR) is 72.0 cm³/mol. The van der Waals surface area contributed by atoms with Gasteiger partial charge in [-0.15, -0.1) is 0 Å². The number of aliphatic hydroxyl groups is 1. The fourth-order valence-electron chi connectivity index (χ4n) is 1.92. The van der Waals surface area contributed by atoms with Crippen molar-refractivity contribution < 1.29 is 9.90 Å². The quantitative estimate of drug-likeness (QED) is 0.833. The van der Waals surface area contributed by atoms with Gasteiger partial charge in [0, 0.05) is 12.2 Å². The lowest BCUT2D eigenvalue weighted by molar-refractivity contribution is 0.00859. The van der Waals surface area contributed by atoms with E-state index in [-0.39, 0.29) is 6.03 Å². The van der Waals surface area contributed by atoms with Crippen LogP contribution in [0.2, 0.25) is 10.0 Å². The highest BCUT2D eigenvalue weighted by molar-refractivity contribution is 6.42. The van der Waals surface area contributed by atoms with Crippen molar-refractivity contribution in [2.75, 3.05) is 11.9 Å². The van der Waals surface area contributed by atoms with E-state index in [1.807, 2.05) is 0 Å². The first-order chi connectivity index (χ1) is 8.58. The van der Waals surface area contributed by atoms with E-state index in [1.54, 1.807) is 18.2 Å². The summed E-state index contributed by atoms with van der Waals surface area (Å²) in [5, 5.41) is 13.2. The van der Waals surface area contributed by atoms with Crippen LogP contribution in [0.3, 0.4) is 0 Å². The molecular formula is C12H14Cl2N2O2. The topological polar surface area (TPSA) is 52.6 Å². The van der Waals surface area contributed by atoms with Crippen LogP contribution in [-0.4, -0.2) is 28.8 Å². The van der Waals surface area contributed by atoms with E-state index in [0.717, 1.165) is 12.8 Å².